The molecule has 96 valence electrons. The minimum Gasteiger partial charge on any atom is -0.463 e. The third-order valence-corrected chi connectivity index (χ3v) is 2.27. The summed E-state index contributed by atoms with van der Waals surface area (Å²) in [5.74, 6) is -0.767. The van der Waals surface area contributed by atoms with Gasteiger partial charge in [0.1, 0.15) is 0 Å². The van der Waals surface area contributed by atoms with Crippen LogP contribution in [0.1, 0.15) is 19.4 Å². The first-order valence-corrected chi connectivity index (χ1v) is 5.82. The summed E-state index contributed by atoms with van der Waals surface area (Å²) in [5, 5.41) is 3.16. The number of carbonyl (C=O) groups is 2. The molecule has 18 heavy (non-hydrogen) atoms. The molecule has 0 bridgehead atoms. The molecule has 0 aliphatic carbocycles. The molecule has 1 aromatic carbocycles. The zero-order valence-electron chi connectivity index (χ0n) is 10.2. The number of esters is 1. The Morgan fingerprint density at radius 1 is 1.33 bits per heavy atom. The second kappa shape index (κ2) is 6.81. The van der Waals surface area contributed by atoms with Crippen LogP contribution in [-0.4, -0.2) is 18.5 Å². The highest BCUT2D eigenvalue weighted by atomic mass is 35.5. The molecule has 0 aromatic heterocycles. The van der Waals surface area contributed by atoms with Crippen LogP contribution in [0.15, 0.2) is 30.3 Å². The fourth-order valence-corrected chi connectivity index (χ4v) is 1.44. The summed E-state index contributed by atoms with van der Waals surface area (Å²) >= 11 is 5.78. The van der Waals surface area contributed by atoms with Crippen LogP contribution in [0.2, 0.25) is 5.02 Å². The fourth-order valence-electron chi connectivity index (χ4n) is 1.31. The van der Waals surface area contributed by atoms with Crippen molar-refractivity contribution < 1.29 is 14.3 Å². The lowest BCUT2D eigenvalue weighted by Gasteiger charge is -2.08. The van der Waals surface area contributed by atoms with E-state index in [0.717, 1.165) is 0 Å². The Labute approximate surface area is 111 Å². The van der Waals surface area contributed by atoms with Crippen molar-refractivity contribution in [2.24, 2.45) is 0 Å². The van der Waals surface area contributed by atoms with Gasteiger partial charge in [-0.2, -0.15) is 0 Å². The van der Waals surface area contributed by atoms with E-state index in [1.165, 1.54) is 13.0 Å². The van der Waals surface area contributed by atoms with Crippen LogP contribution in [0.5, 0.6) is 0 Å². The first-order chi connectivity index (χ1) is 8.52. The normalized spacial score (nSPS) is 10.9. The van der Waals surface area contributed by atoms with E-state index < -0.39 is 5.97 Å². The Kier molecular flexibility index (Phi) is 5.39. The van der Waals surface area contributed by atoms with Crippen molar-refractivity contribution >= 4 is 29.2 Å². The van der Waals surface area contributed by atoms with Crippen molar-refractivity contribution in [1.82, 2.24) is 5.32 Å². The zero-order chi connectivity index (χ0) is 13.5. The Bertz CT molecular complexity index is 466. The number of amides is 1. The van der Waals surface area contributed by atoms with E-state index in [9.17, 15) is 9.59 Å². The number of hydrogen-bond donors (Lipinski definition) is 1. The molecule has 0 saturated heterocycles. The van der Waals surface area contributed by atoms with Gasteiger partial charge in [0.15, 0.2) is 0 Å². The number of rotatable bonds is 4. The maximum absolute atomic E-state index is 11.4. The first kappa shape index (κ1) is 14.3. The standard InChI is InChI=1S/C13H14ClNO3/c1-3-18-13(17)8-12(15-9(2)16)10-4-6-11(14)7-5-10/h4-8H,3H2,1-2H3,(H,15,16)/b12-8-. The maximum atomic E-state index is 11.4. The van der Waals surface area contributed by atoms with Gasteiger partial charge in [0.25, 0.3) is 0 Å². The average molecular weight is 268 g/mol. The summed E-state index contributed by atoms with van der Waals surface area (Å²) in [6.45, 7) is 3.37. The van der Waals surface area contributed by atoms with E-state index in [1.807, 2.05) is 0 Å². The average Bonchev–Trinajstić information content (AvgIpc) is 2.28. The molecule has 0 saturated carbocycles. The molecular formula is C13H14ClNO3. The summed E-state index contributed by atoms with van der Waals surface area (Å²) in [4.78, 5) is 22.5. The van der Waals surface area contributed by atoms with Gasteiger partial charge in [0, 0.05) is 18.0 Å². The van der Waals surface area contributed by atoms with Crippen LogP contribution < -0.4 is 5.32 Å². The quantitative estimate of drug-likeness (QED) is 0.673. The highest BCUT2D eigenvalue weighted by molar-refractivity contribution is 6.30. The molecule has 0 spiro atoms. The van der Waals surface area contributed by atoms with Crippen molar-refractivity contribution in [1.29, 1.82) is 0 Å². The molecule has 1 N–H and O–H groups in total. The van der Waals surface area contributed by atoms with Crippen LogP contribution in [-0.2, 0) is 14.3 Å². The lowest BCUT2D eigenvalue weighted by atomic mass is 10.1. The molecule has 1 aromatic rings. The van der Waals surface area contributed by atoms with E-state index in [-0.39, 0.29) is 12.5 Å². The topological polar surface area (TPSA) is 55.4 Å². The van der Waals surface area contributed by atoms with Gasteiger partial charge in [-0.25, -0.2) is 4.79 Å². The van der Waals surface area contributed by atoms with Crippen molar-refractivity contribution in [2.45, 2.75) is 13.8 Å². The van der Waals surface area contributed by atoms with Crippen LogP contribution in [0, 0.1) is 0 Å². The first-order valence-electron chi connectivity index (χ1n) is 5.45. The molecule has 0 atom stereocenters. The highest BCUT2D eigenvalue weighted by Gasteiger charge is 2.07. The van der Waals surface area contributed by atoms with E-state index in [2.05, 4.69) is 5.32 Å². The van der Waals surface area contributed by atoms with Gasteiger partial charge in [0.2, 0.25) is 5.91 Å². The minimum atomic E-state index is -0.504. The Morgan fingerprint density at radius 2 is 1.94 bits per heavy atom. The van der Waals surface area contributed by atoms with Crippen molar-refractivity contribution in [2.75, 3.05) is 6.61 Å². The van der Waals surface area contributed by atoms with Crippen LogP contribution >= 0.6 is 11.6 Å². The fraction of sp³-hybridized carbons (Fsp3) is 0.231. The van der Waals surface area contributed by atoms with Gasteiger partial charge in [0.05, 0.1) is 12.3 Å². The summed E-state index contributed by atoms with van der Waals surface area (Å²) in [6, 6.07) is 6.78. The molecule has 1 rings (SSSR count). The second-order valence-corrected chi connectivity index (χ2v) is 3.93. The largest absolute Gasteiger partial charge is 0.463 e. The highest BCUT2D eigenvalue weighted by Crippen LogP contribution is 2.15. The van der Waals surface area contributed by atoms with Crippen LogP contribution in [0.3, 0.4) is 0 Å². The number of carbonyl (C=O) groups excluding carboxylic acids is 2. The third-order valence-electron chi connectivity index (χ3n) is 2.01. The molecular weight excluding hydrogens is 254 g/mol. The molecule has 0 heterocycles. The number of halogens is 1. The molecule has 5 heteroatoms. The zero-order valence-corrected chi connectivity index (χ0v) is 11.0. The molecule has 0 aliphatic rings. The summed E-state index contributed by atoms with van der Waals surface area (Å²) < 4.78 is 4.81. The van der Waals surface area contributed by atoms with Crippen molar-refractivity contribution in [3.05, 3.63) is 40.9 Å². The maximum Gasteiger partial charge on any atom is 0.332 e. The van der Waals surface area contributed by atoms with Gasteiger partial charge in [-0.05, 0) is 24.6 Å². The van der Waals surface area contributed by atoms with E-state index in [4.69, 9.17) is 16.3 Å². The van der Waals surface area contributed by atoms with Gasteiger partial charge in [-0.15, -0.1) is 0 Å². The van der Waals surface area contributed by atoms with E-state index in [0.29, 0.717) is 16.3 Å². The molecule has 0 unspecified atom stereocenters. The predicted octanol–water partition coefficient (Wildman–Crippen LogP) is 2.38. The molecule has 0 radical (unpaired) electrons. The minimum absolute atomic E-state index is 0.263. The Hall–Kier alpha value is -1.81. The van der Waals surface area contributed by atoms with Crippen LogP contribution in [0.25, 0.3) is 5.70 Å². The summed E-state index contributed by atoms with van der Waals surface area (Å²) in [6.07, 6.45) is 1.24. The van der Waals surface area contributed by atoms with Gasteiger partial charge in [-0.1, -0.05) is 23.7 Å². The number of hydrogen-bond acceptors (Lipinski definition) is 3. The van der Waals surface area contributed by atoms with Gasteiger partial charge in [-0.3, -0.25) is 4.79 Å². The van der Waals surface area contributed by atoms with Crippen molar-refractivity contribution in [3.8, 4) is 0 Å². The molecule has 1 amide bonds. The monoisotopic (exact) mass is 267 g/mol. The third kappa shape index (κ3) is 4.59. The smallest absolute Gasteiger partial charge is 0.332 e. The summed E-state index contributed by atoms with van der Waals surface area (Å²) in [5.41, 5.74) is 1.07. The predicted molar refractivity (Wildman–Crippen MR) is 69.9 cm³/mol. The Morgan fingerprint density at radius 3 is 2.44 bits per heavy atom. The van der Waals surface area contributed by atoms with E-state index >= 15 is 0 Å². The van der Waals surface area contributed by atoms with E-state index in [1.54, 1.807) is 31.2 Å². The lowest BCUT2D eigenvalue weighted by molar-refractivity contribution is -0.137. The molecule has 0 aliphatic heterocycles. The number of ether oxygens (including phenoxy) is 1. The molecule has 4 nitrogen and oxygen atoms in total. The summed E-state index contributed by atoms with van der Waals surface area (Å²) in [7, 11) is 0. The molecule has 0 fully saturated rings. The Balaban J connectivity index is 3.01. The second-order valence-electron chi connectivity index (χ2n) is 3.50. The van der Waals surface area contributed by atoms with Crippen LogP contribution in [0.4, 0.5) is 0 Å². The van der Waals surface area contributed by atoms with Crippen molar-refractivity contribution in [3.63, 3.8) is 0 Å². The number of benzene rings is 1. The SMILES string of the molecule is CCOC(=O)/C=C(\NC(C)=O)c1ccc(Cl)cc1. The van der Waals surface area contributed by atoms with Gasteiger partial charge >= 0.3 is 5.97 Å². The lowest BCUT2D eigenvalue weighted by Crippen LogP contribution is -2.19. The van der Waals surface area contributed by atoms with Gasteiger partial charge < -0.3 is 10.1 Å². The number of nitrogens with one attached hydrogen (secondary N) is 1.